The molecule has 0 aliphatic heterocycles. The van der Waals surface area contributed by atoms with E-state index in [0.29, 0.717) is 10.8 Å². The maximum atomic E-state index is 11.5. The smallest absolute Gasteiger partial charge is 0.317 e. The number of hydrogen-bond donors (Lipinski definition) is 1. The Hall–Kier alpha value is -0.310. The molecule has 0 radical (unpaired) electrons. The monoisotopic (exact) mass is 506 g/mol. The molecule has 3 fully saturated rings. The Balaban J connectivity index is 1.48. The van der Waals surface area contributed by atoms with Crippen LogP contribution in [0.25, 0.3) is 0 Å². The van der Waals surface area contributed by atoms with Crippen molar-refractivity contribution in [1.29, 1.82) is 0 Å². The molecule has 4 aliphatic carbocycles. The van der Waals surface area contributed by atoms with Gasteiger partial charge in [0.05, 0.1) is 0 Å². The van der Waals surface area contributed by atoms with Crippen LogP contribution in [0, 0.1) is 52.3 Å². The predicted molar refractivity (Wildman–Crippen MR) is 137 cm³/mol. The van der Waals surface area contributed by atoms with Crippen molar-refractivity contribution in [3.63, 3.8) is 0 Å². The van der Waals surface area contributed by atoms with Crippen LogP contribution in [0.1, 0.15) is 105 Å². The molecular formula is C29H47BrO2. The number of fused-ring (bicyclic) bond motifs is 5. The van der Waals surface area contributed by atoms with Crippen LogP contribution in [0.15, 0.2) is 11.6 Å². The van der Waals surface area contributed by atoms with Gasteiger partial charge in [-0.2, -0.15) is 0 Å². The predicted octanol–water partition coefficient (Wildman–Crippen LogP) is 8.49. The van der Waals surface area contributed by atoms with Gasteiger partial charge in [-0.05, 0) is 104 Å². The second-order valence-electron chi connectivity index (χ2n) is 13.0. The highest BCUT2D eigenvalue weighted by Crippen LogP contribution is 2.67. The molecule has 2 nitrogen and oxygen atoms in total. The first-order chi connectivity index (χ1) is 15.1. The fourth-order valence-corrected chi connectivity index (χ4v) is 9.62. The average molecular weight is 508 g/mol. The first kappa shape index (κ1) is 24.8. The van der Waals surface area contributed by atoms with Crippen molar-refractivity contribution in [1.82, 2.24) is 0 Å². The van der Waals surface area contributed by atoms with Gasteiger partial charge >= 0.3 is 5.97 Å². The molecule has 3 saturated carbocycles. The Morgan fingerprint density at radius 2 is 1.84 bits per heavy atom. The van der Waals surface area contributed by atoms with Gasteiger partial charge in [0, 0.05) is 0 Å². The van der Waals surface area contributed by atoms with E-state index in [1.54, 1.807) is 5.57 Å². The number of aliphatic carboxylic acids is 1. The van der Waals surface area contributed by atoms with Gasteiger partial charge in [0.15, 0.2) is 0 Å². The minimum atomic E-state index is -0.694. The van der Waals surface area contributed by atoms with E-state index in [1.807, 2.05) is 0 Å². The molecular weight excluding hydrogens is 460 g/mol. The maximum absolute atomic E-state index is 11.5. The molecule has 1 N–H and O–H groups in total. The van der Waals surface area contributed by atoms with Crippen molar-refractivity contribution in [2.75, 3.05) is 0 Å². The van der Waals surface area contributed by atoms with E-state index in [1.165, 1.54) is 57.8 Å². The van der Waals surface area contributed by atoms with Crippen molar-refractivity contribution in [2.24, 2.45) is 52.3 Å². The third-order valence-electron chi connectivity index (χ3n) is 11.0. The molecule has 3 heteroatoms. The van der Waals surface area contributed by atoms with Gasteiger partial charge in [-0.1, -0.05) is 81.5 Å². The Bertz CT molecular complexity index is 729. The van der Waals surface area contributed by atoms with Crippen LogP contribution in [-0.2, 0) is 4.79 Å². The molecule has 0 aromatic heterocycles. The lowest BCUT2D eigenvalue weighted by Gasteiger charge is -2.58. The van der Waals surface area contributed by atoms with E-state index in [-0.39, 0.29) is 5.92 Å². The lowest BCUT2D eigenvalue weighted by atomic mass is 9.46. The third kappa shape index (κ3) is 4.27. The number of hydrogen-bond acceptors (Lipinski definition) is 1. The Morgan fingerprint density at radius 3 is 2.53 bits per heavy atom. The van der Waals surface area contributed by atoms with E-state index >= 15 is 0 Å². The Kier molecular flexibility index (Phi) is 7.27. The molecule has 32 heavy (non-hydrogen) atoms. The number of carboxylic acids is 1. The molecule has 0 aromatic carbocycles. The summed E-state index contributed by atoms with van der Waals surface area (Å²) in [5.41, 5.74) is 2.45. The van der Waals surface area contributed by atoms with Crippen molar-refractivity contribution in [3.05, 3.63) is 11.6 Å². The first-order valence-corrected chi connectivity index (χ1v) is 14.6. The largest absolute Gasteiger partial charge is 0.480 e. The Labute approximate surface area is 205 Å². The number of carbonyl (C=O) groups is 1. The summed E-state index contributed by atoms with van der Waals surface area (Å²) in [6, 6.07) is 0. The molecule has 0 spiro atoms. The van der Waals surface area contributed by atoms with Crippen LogP contribution in [0.3, 0.4) is 0 Å². The standard InChI is InChI=1S/C29H47BrO2/c1-18(2)7-6-8-19(3)23-11-12-24-22-10-9-21-17-20(26(30)27(31)32)13-15-28(21,4)25(22)14-16-29(23,24)5/h9,18-20,22-26H,6-8,10-17H2,1-5H3,(H,31,32)/t19-,20+,22?,23-,24?,25?,26?,28+,29-/m1/s1. The minimum absolute atomic E-state index is 0.250. The summed E-state index contributed by atoms with van der Waals surface area (Å²) >= 11 is 3.47. The lowest BCUT2D eigenvalue weighted by molar-refractivity contribution is -0.137. The molecule has 0 amide bonds. The van der Waals surface area contributed by atoms with Crippen LogP contribution >= 0.6 is 15.9 Å². The van der Waals surface area contributed by atoms with Crippen LogP contribution < -0.4 is 0 Å². The SMILES string of the molecule is CC(C)CCC[C@@H](C)[C@H]1CCC2C3CC=C4C[C@@H](C(Br)C(=O)O)CC[C@]4(C)C3CC[C@@]21C. The summed E-state index contributed by atoms with van der Waals surface area (Å²) in [6.45, 7) is 12.5. The number of allylic oxidation sites excluding steroid dienone is 2. The summed E-state index contributed by atoms with van der Waals surface area (Å²) in [5, 5.41) is 9.50. The minimum Gasteiger partial charge on any atom is -0.480 e. The molecule has 4 unspecified atom stereocenters. The molecule has 4 rings (SSSR count). The van der Waals surface area contributed by atoms with Gasteiger partial charge in [-0.3, -0.25) is 4.79 Å². The molecule has 0 aromatic rings. The van der Waals surface area contributed by atoms with Crippen molar-refractivity contribution in [3.8, 4) is 0 Å². The fourth-order valence-electron chi connectivity index (χ4n) is 9.17. The fraction of sp³-hybridized carbons (Fsp3) is 0.897. The van der Waals surface area contributed by atoms with Crippen LogP contribution in [-0.4, -0.2) is 15.9 Å². The van der Waals surface area contributed by atoms with Gasteiger partial charge in [0.1, 0.15) is 4.83 Å². The highest BCUT2D eigenvalue weighted by Gasteiger charge is 2.59. The topological polar surface area (TPSA) is 37.3 Å². The summed E-state index contributed by atoms with van der Waals surface area (Å²) < 4.78 is 0. The zero-order chi connectivity index (χ0) is 23.3. The van der Waals surface area contributed by atoms with E-state index in [2.05, 4.69) is 56.6 Å². The maximum Gasteiger partial charge on any atom is 0.317 e. The zero-order valence-electron chi connectivity index (χ0n) is 21.2. The van der Waals surface area contributed by atoms with Gasteiger partial charge < -0.3 is 5.11 Å². The molecule has 0 heterocycles. The van der Waals surface area contributed by atoms with Crippen LogP contribution in [0.5, 0.6) is 0 Å². The first-order valence-electron chi connectivity index (χ1n) is 13.6. The highest BCUT2D eigenvalue weighted by molar-refractivity contribution is 9.10. The van der Waals surface area contributed by atoms with E-state index < -0.39 is 10.8 Å². The van der Waals surface area contributed by atoms with Crippen LogP contribution in [0.4, 0.5) is 0 Å². The third-order valence-corrected chi connectivity index (χ3v) is 12.1. The highest BCUT2D eigenvalue weighted by atomic mass is 79.9. The lowest BCUT2D eigenvalue weighted by Crippen LogP contribution is -2.51. The summed E-state index contributed by atoms with van der Waals surface area (Å²) in [7, 11) is 0. The molecule has 9 atom stereocenters. The Morgan fingerprint density at radius 1 is 1.09 bits per heavy atom. The number of carboxylic acid groups (broad SMARTS) is 1. The average Bonchev–Trinajstić information content (AvgIpc) is 3.09. The van der Waals surface area contributed by atoms with Crippen LogP contribution in [0.2, 0.25) is 0 Å². The van der Waals surface area contributed by atoms with E-state index in [9.17, 15) is 9.90 Å². The van der Waals surface area contributed by atoms with Crippen molar-refractivity contribution in [2.45, 2.75) is 110 Å². The zero-order valence-corrected chi connectivity index (χ0v) is 22.8. The summed E-state index contributed by atoms with van der Waals surface area (Å²) in [4.78, 5) is 11.1. The normalized spacial score (nSPS) is 43.1. The van der Waals surface area contributed by atoms with Crippen molar-refractivity contribution >= 4 is 21.9 Å². The number of alkyl halides is 1. The quantitative estimate of drug-likeness (QED) is 0.277. The molecule has 4 aliphatic rings. The number of rotatable bonds is 7. The van der Waals surface area contributed by atoms with Gasteiger partial charge in [0.2, 0.25) is 0 Å². The van der Waals surface area contributed by atoms with Crippen molar-refractivity contribution < 1.29 is 9.90 Å². The van der Waals surface area contributed by atoms with Gasteiger partial charge in [-0.15, -0.1) is 0 Å². The molecule has 0 bridgehead atoms. The van der Waals surface area contributed by atoms with Gasteiger partial charge in [0.25, 0.3) is 0 Å². The second-order valence-corrected chi connectivity index (χ2v) is 14.0. The summed E-state index contributed by atoms with van der Waals surface area (Å²) in [6.07, 6.45) is 17.0. The molecule has 182 valence electrons. The van der Waals surface area contributed by atoms with Gasteiger partial charge in [-0.25, -0.2) is 0 Å². The molecule has 0 saturated heterocycles. The van der Waals surface area contributed by atoms with E-state index in [0.717, 1.165) is 48.3 Å². The van der Waals surface area contributed by atoms with E-state index in [4.69, 9.17) is 0 Å². The second kappa shape index (κ2) is 9.38. The number of halogens is 1. The summed E-state index contributed by atoms with van der Waals surface area (Å²) in [5.74, 6) is 4.74.